The first-order valence-corrected chi connectivity index (χ1v) is 7.39. The van der Waals surface area contributed by atoms with Gasteiger partial charge in [-0.2, -0.15) is 0 Å². The highest BCUT2D eigenvalue weighted by Gasteiger charge is 2.24. The van der Waals surface area contributed by atoms with Crippen molar-refractivity contribution in [2.45, 2.75) is 18.9 Å². The summed E-state index contributed by atoms with van der Waals surface area (Å²) in [5.74, 6) is 0.648. The van der Waals surface area contributed by atoms with Crippen LogP contribution in [-0.4, -0.2) is 16.5 Å². The van der Waals surface area contributed by atoms with Crippen LogP contribution in [0.15, 0.2) is 54.7 Å². The van der Waals surface area contributed by atoms with Gasteiger partial charge in [-0.25, -0.2) is 4.98 Å². The molecule has 1 N–H and O–H groups in total. The third-order valence-corrected chi connectivity index (χ3v) is 4.16. The molecular weight excluding hydrogens is 258 g/mol. The Bertz CT molecular complexity index is 782. The van der Waals surface area contributed by atoms with Gasteiger partial charge >= 0.3 is 0 Å². The van der Waals surface area contributed by atoms with Gasteiger partial charge in [0, 0.05) is 19.0 Å². The molecule has 1 aliphatic carbocycles. The molecule has 0 spiro atoms. The van der Waals surface area contributed by atoms with Crippen LogP contribution in [0.2, 0.25) is 0 Å². The van der Waals surface area contributed by atoms with E-state index >= 15 is 0 Å². The van der Waals surface area contributed by atoms with E-state index in [1.165, 1.54) is 17.5 Å². The molecule has 1 aromatic heterocycles. The number of benzene rings is 2. The number of hydrogen-bond donors (Lipinski definition) is 1. The molecule has 1 aliphatic rings. The van der Waals surface area contributed by atoms with E-state index in [1.807, 2.05) is 30.5 Å². The molecule has 104 valence electrons. The number of hydrogen-bond acceptors (Lipinski definition) is 3. The van der Waals surface area contributed by atoms with Gasteiger partial charge in [0.1, 0.15) is 0 Å². The fourth-order valence-electron chi connectivity index (χ4n) is 3.00. The zero-order valence-electron chi connectivity index (χ0n) is 11.8. The summed E-state index contributed by atoms with van der Waals surface area (Å²) in [7, 11) is 0. The van der Waals surface area contributed by atoms with E-state index in [4.69, 9.17) is 0 Å². The quantitative estimate of drug-likeness (QED) is 0.795. The first-order valence-electron chi connectivity index (χ1n) is 7.39. The monoisotopic (exact) mass is 275 g/mol. The van der Waals surface area contributed by atoms with Gasteiger partial charge in [0.25, 0.3) is 0 Å². The Hall–Kier alpha value is -2.26. The van der Waals surface area contributed by atoms with E-state index in [0.717, 1.165) is 29.8 Å². The van der Waals surface area contributed by atoms with Crippen molar-refractivity contribution in [1.82, 2.24) is 15.3 Å². The topological polar surface area (TPSA) is 37.8 Å². The Balaban J connectivity index is 1.39. The summed E-state index contributed by atoms with van der Waals surface area (Å²) in [6.07, 6.45) is 3.05. The molecule has 1 heterocycles. The minimum Gasteiger partial charge on any atom is -0.310 e. The van der Waals surface area contributed by atoms with E-state index in [1.54, 1.807) is 0 Å². The van der Waals surface area contributed by atoms with Crippen molar-refractivity contribution < 1.29 is 0 Å². The number of nitrogens with one attached hydrogen (secondary N) is 1. The Morgan fingerprint density at radius 1 is 1.00 bits per heavy atom. The highest BCUT2D eigenvalue weighted by molar-refractivity contribution is 5.73. The van der Waals surface area contributed by atoms with Gasteiger partial charge in [0.05, 0.1) is 22.9 Å². The van der Waals surface area contributed by atoms with Crippen molar-refractivity contribution >= 4 is 11.0 Å². The fraction of sp³-hybridized carbons (Fsp3) is 0.222. The highest BCUT2D eigenvalue weighted by atomic mass is 14.9. The summed E-state index contributed by atoms with van der Waals surface area (Å²) in [5.41, 5.74) is 5.91. The molecular formula is C18H17N3. The SMILES string of the molecule is c1ccc2c(c1)CC2CNCc1cnc2ccccc2n1. The van der Waals surface area contributed by atoms with Crippen molar-refractivity contribution in [3.05, 3.63) is 71.5 Å². The number of para-hydroxylation sites is 2. The van der Waals surface area contributed by atoms with Gasteiger partial charge in [-0.05, 0) is 29.7 Å². The van der Waals surface area contributed by atoms with E-state index < -0.39 is 0 Å². The van der Waals surface area contributed by atoms with Crippen LogP contribution in [0.25, 0.3) is 11.0 Å². The molecule has 0 radical (unpaired) electrons. The van der Waals surface area contributed by atoms with Crippen molar-refractivity contribution in [2.75, 3.05) is 6.54 Å². The zero-order chi connectivity index (χ0) is 14.1. The summed E-state index contributed by atoms with van der Waals surface area (Å²) in [6.45, 7) is 1.78. The van der Waals surface area contributed by atoms with Crippen molar-refractivity contribution in [3.8, 4) is 0 Å². The first-order chi connectivity index (χ1) is 10.4. The summed E-state index contributed by atoms with van der Waals surface area (Å²) in [4.78, 5) is 9.08. The second-order valence-corrected chi connectivity index (χ2v) is 5.58. The van der Waals surface area contributed by atoms with Crippen LogP contribution in [0, 0.1) is 0 Å². The maximum absolute atomic E-state index is 4.64. The molecule has 21 heavy (non-hydrogen) atoms. The number of aromatic nitrogens is 2. The van der Waals surface area contributed by atoms with Crippen molar-refractivity contribution in [2.24, 2.45) is 0 Å². The second kappa shape index (κ2) is 5.26. The molecule has 1 unspecified atom stereocenters. The average molecular weight is 275 g/mol. The van der Waals surface area contributed by atoms with Gasteiger partial charge in [-0.1, -0.05) is 36.4 Å². The molecule has 0 saturated carbocycles. The fourth-order valence-corrected chi connectivity index (χ4v) is 3.00. The Morgan fingerprint density at radius 3 is 2.71 bits per heavy atom. The number of rotatable bonds is 4. The molecule has 3 heteroatoms. The molecule has 4 rings (SSSR count). The molecule has 3 aromatic rings. The summed E-state index contributed by atoms with van der Waals surface area (Å²) < 4.78 is 0. The molecule has 3 nitrogen and oxygen atoms in total. The van der Waals surface area contributed by atoms with Crippen molar-refractivity contribution in [3.63, 3.8) is 0 Å². The van der Waals surface area contributed by atoms with Gasteiger partial charge < -0.3 is 5.32 Å². The minimum absolute atomic E-state index is 0.648. The maximum Gasteiger partial charge on any atom is 0.0890 e. The first kappa shape index (κ1) is 12.5. The van der Waals surface area contributed by atoms with E-state index in [9.17, 15) is 0 Å². The molecule has 0 saturated heterocycles. The van der Waals surface area contributed by atoms with Gasteiger partial charge in [0.2, 0.25) is 0 Å². The summed E-state index contributed by atoms with van der Waals surface area (Å²) >= 11 is 0. The largest absolute Gasteiger partial charge is 0.310 e. The predicted octanol–water partition coefficient (Wildman–Crippen LogP) is 3.06. The standard InChI is InChI=1S/C18H17N3/c1-2-6-16-13(5-1)9-14(16)10-19-11-15-12-20-17-7-3-4-8-18(17)21-15/h1-8,12,14,19H,9-11H2. The minimum atomic E-state index is 0.648. The number of fused-ring (bicyclic) bond motifs is 2. The predicted molar refractivity (Wildman–Crippen MR) is 84.1 cm³/mol. The molecule has 2 aromatic carbocycles. The van der Waals surface area contributed by atoms with Crippen molar-refractivity contribution in [1.29, 1.82) is 0 Å². The maximum atomic E-state index is 4.64. The molecule has 1 atom stereocenters. The molecule has 0 amide bonds. The Kier molecular flexibility index (Phi) is 3.13. The van der Waals surface area contributed by atoms with Crippen LogP contribution in [-0.2, 0) is 13.0 Å². The van der Waals surface area contributed by atoms with Crippen LogP contribution in [0.3, 0.4) is 0 Å². The highest BCUT2D eigenvalue weighted by Crippen LogP contribution is 2.33. The van der Waals surface area contributed by atoms with Gasteiger partial charge in [-0.3, -0.25) is 4.98 Å². The van der Waals surface area contributed by atoms with E-state index in [-0.39, 0.29) is 0 Å². The third kappa shape index (κ3) is 2.41. The van der Waals surface area contributed by atoms with Crippen LogP contribution < -0.4 is 5.32 Å². The van der Waals surface area contributed by atoms with E-state index in [2.05, 4.69) is 39.6 Å². The Labute approximate surface area is 124 Å². The smallest absolute Gasteiger partial charge is 0.0890 e. The normalized spacial score (nSPS) is 16.5. The van der Waals surface area contributed by atoms with Gasteiger partial charge in [-0.15, -0.1) is 0 Å². The van der Waals surface area contributed by atoms with Crippen LogP contribution in [0.1, 0.15) is 22.7 Å². The number of nitrogens with zero attached hydrogens (tertiary/aromatic N) is 2. The van der Waals surface area contributed by atoms with Gasteiger partial charge in [0.15, 0.2) is 0 Å². The van der Waals surface area contributed by atoms with Crippen LogP contribution in [0.4, 0.5) is 0 Å². The van der Waals surface area contributed by atoms with Crippen LogP contribution >= 0.6 is 0 Å². The average Bonchev–Trinajstić information content (AvgIpc) is 2.51. The summed E-state index contributed by atoms with van der Waals surface area (Å²) in [5, 5.41) is 3.51. The lowest BCUT2D eigenvalue weighted by molar-refractivity contribution is 0.532. The second-order valence-electron chi connectivity index (χ2n) is 5.58. The third-order valence-electron chi connectivity index (χ3n) is 4.16. The molecule has 0 bridgehead atoms. The lowest BCUT2D eigenvalue weighted by atomic mass is 9.77. The van der Waals surface area contributed by atoms with E-state index in [0.29, 0.717) is 5.92 Å². The van der Waals surface area contributed by atoms with Crippen LogP contribution in [0.5, 0.6) is 0 Å². The lowest BCUT2D eigenvalue weighted by Gasteiger charge is -2.30. The Morgan fingerprint density at radius 2 is 1.81 bits per heavy atom. The zero-order valence-corrected chi connectivity index (χ0v) is 11.8. The summed E-state index contributed by atoms with van der Waals surface area (Å²) in [6, 6.07) is 16.7. The molecule has 0 fully saturated rings. The lowest BCUT2D eigenvalue weighted by Crippen LogP contribution is -2.29. The molecule has 0 aliphatic heterocycles.